The third-order valence-corrected chi connectivity index (χ3v) is 7.33. The van der Waals surface area contributed by atoms with E-state index in [0.29, 0.717) is 23.3 Å². The monoisotopic (exact) mass is 340 g/mol. The van der Waals surface area contributed by atoms with Crippen LogP contribution in [0.1, 0.15) is 45.1 Å². The molecule has 1 aromatic heterocycles. The van der Waals surface area contributed by atoms with Crippen molar-refractivity contribution in [3.05, 3.63) is 24.4 Å². The van der Waals surface area contributed by atoms with Crippen molar-refractivity contribution in [2.45, 2.75) is 45.1 Å². The number of allylic oxidation sites excluding steroid dienone is 2. The van der Waals surface area contributed by atoms with Crippen LogP contribution in [0.4, 0.5) is 5.82 Å². The van der Waals surface area contributed by atoms with Crippen molar-refractivity contribution in [2.75, 3.05) is 25.0 Å². The number of carbonyl (C=O) groups excluding carboxylic acids is 1. The quantitative estimate of drug-likeness (QED) is 0.857. The van der Waals surface area contributed by atoms with E-state index < -0.39 is 0 Å². The maximum atomic E-state index is 13.0. The Hall–Kier alpha value is -1.62. The number of hydrogen-bond acceptors (Lipinski definition) is 3. The average Bonchev–Trinajstić information content (AvgIpc) is 3.08. The zero-order valence-corrected chi connectivity index (χ0v) is 15.0. The Bertz CT molecular complexity index is 696. The summed E-state index contributed by atoms with van der Waals surface area (Å²) in [6.07, 6.45) is 12.4. The standard InChI is InChI=1S/C20H28N4O/c1-2-23-11-6-15(7-12-23)24-18(5-10-21-24)22-19(25)16-13-14-3-4-17(16)20(14)8-9-20/h3-5,10,14-17H,2,6-9,11-13H2,1H3,(H,22,25). The summed E-state index contributed by atoms with van der Waals surface area (Å²) in [6, 6.07) is 2.36. The van der Waals surface area contributed by atoms with Gasteiger partial charge in [-0.3, -0.25) is 4.79 Å². The van der Waals surface area contributed by atoms with Gasteiger partial charge in [0, 0.05) is 25.1 Å². The second-order valence-corrected chi connectivity index (χ2v) is 8.41. The molecule has 2 heterocycles. The van der Waals surface area contributed by atoms with Gasteiger partial charge in [0.2, 0.25) is 5.91 Å². The summed E-state index contributed by atoms with van der Waals surface area (Å²) in [4.78, 5) is 15.4. The molecule has 5 nitrogen and oxygen atoms in total. The number of carbonyl (C=O) groups is 1. The van der Waals surface area contributed by atoms with Crippen molar-refractivity contribution in [1.82, 2.24) is 14.7 Å². The average molecular weight is 340 g/mol. The molecule has 5 rings (SSSR count). The number of nitrogens with zero attached hydrogens (tertiary/aromatic N) is 3. The van der Waals surface area contributed by atoms with E-state index in [1.807, 2.05) is 12.3 Å². The summed E-state index contributed by atoms with van der Waals surface area (Å²) in [5, 5.41) is 7.75. The highest BCUT2D eigenvalue weighted by Gasteiger charge is 2.64. The highest BCUT2D eigenvalue weighted by Crippen LogP contribution is 2.70. The lowest BCUT2D eigenvalue weighted by atomic mass is 9.88. The molecule has 3 unspecified atom stereocenters. The van der Waals surface area contributed by atoms with E-state index in [-0.39, 0.29) is 11.8 Å². The summed E-state index contributed by atoms with van der Waals surface area (Å²) < 4.78 is 2.06. The van der Waals surface area contributed by atoms with E-state index in [0.717, 1.165) is 44.7 Å². The van der Waals surface area contributed by atoms with Gasteiger partial charge in [-0.1, -0.05) is 19.1 Å². The van der Waals surface area contributed by atoms with Gasteiger partial charge >= 0.3 is 0 Å². The number of rotatable bonds is 4. The predicted octanol–water partition coefficient (Wildman–Crippen LogP) is 3.08. The topological polar surface area (TPSA) is 50.2 Å². The smallest absolute Gasteiger partial charge is 0.229 e. The van der Waals surface area contributed by atoms with Gasteiger partial charge in [0.25, 0.3) is 0 Å². The van der Waals surface area contributed by atoms with E-state index in [9.17, 15) is 4.79 Å². The zero-order valence-electron chi connectivity index (χ0n) is 15.0. The predicted molar refractivity (Wildman–Crippen MR) is 97.1 cm³/mol. The molecule has 1 aliphatic heterocycles. The largest absolute Gasteiger partial charge is 0.311 e. The first-order valence-corrected chi connectivity index (χ1v) is 9.96. The lowest BCUT2D eigenvalue weighted by Crippen LogP contribution is -2.35. The SMILES string of the molecule is CCN1CCC(n2nccc2NC(=O)C2CC3C=CC2C32CC2)CC1. The lowest BCUT2D eigenvalue weighted by Gasteiger charge is -2.32. The minimum absolute atomic E-state index is 0.155. The lowest BCUT2D eigenvalue weighted by molar-refractivity contribution is -0.120. The van der Waals surface area contributed by atoms with Crippen molar-refractivity contribution >= 4 is 11.7 Å². The number of nitrogens with one attached hydrogen (secondary N) is 1. The minimum atomic E-state index is 0.155. The summed E-state index contributed by atoms with van der Waals surface area (Å²) >= 11 is 0. The summed E-state index contributed by atoms with van der Waals surface area (Å²) in [5.74, 6) is 2.37. The fourth-order valence-corrected chi connectivity index (χ4v) is 5.67. The van der Waals surface area contributed by atoms with Gasteiger partial charge in [-0.2, -0.15) is 5.10 Å². The highest BCUT2D eigenvalue weighted by molar-refractivity contribution is 5.92. The molecule has 1 N–H and O–H groups in total. The van der Waals surface area contributed by atoms with E-state index in [1.54, 1.807) is 0 Å². The number of aromatic nitrogens is 2. The van der Waals surface area contributed by atoms with Gasteiger partial charge < -0.3 is 10.2 Å². The molecule has 134 valence electrons. The fourth-order valence-electron chi connectivity index (χ4n) is 5.67. The Kier molecular flexibility index (Phi) is 3.56. The summed E-state index contributed by atoms with van der Waals surface area (Å²) in [6.45, 7) is 5.58. The number of amides is 1. The first kappa shape index (κ1) is 15.6. The van der Waals surface area contributed by atoms with Gasteiger partial charge in [-0.15, -0.1) is 0 Å². The highest BCUT2D eigenvalue weighted by atomic mass is 16.2. The molecule has 1 spiro atoms. The van der Waals surface area contributed by atoms with E-state index in [2.05, 4.69) is 39.1 Å². The number of piperidine rings is 1. The molecule has 0 aromatic carbocycles. The Labute approximate surface area is 149 Å². The van der Waals surface area contributed by atoms with Crippen LogP contribution in [0.15, 0.2) is 24.4 Å². The van der Waals surface area contributed by atoms with Gasteiger partial charge in [0.1, 0.15) is 5.82 Å². The van der Waals surface area contributed by atoms with Gasteiger partial charge in [0.15, 0.2) is 0 Å². The maximum Gasteiger partial charge on any atom is 0.229 e. The van der Waals surface area contributed by atoms with E-state index >= 15 is 0 Å². The van der Waals surface area contributed by atoms with Crippen molar-refractivity contribution in [2.24, 2.45) is 23.2 Å². The summed E-state index contributed by atoms with van der Waals surface area (Å²) in [7, 11) is 0. The van der Waals surface area contributed by atoms with Crippen LogP contribution in [-0.2, 0) is 4.79 Å². The van der Waals surface area contributed by atoms with Crippen molar-refractivity contribution < 1.29 is 4.79 Å². The third-order valence-electron chi connectivity index (χ3n) is 7.33. The summed E-state index contributed by atoms with van der Waals surface area (Å²) in [5.41, 5.74) is 0.467. The molecule has 25 heavy (non-hydrogen) atoms. The molecule has 1 aromatic rings. The van der Waals surface area contributed by atoms with Gasteiger partial charge in [0.05, 0.1) is 12.2 Å². The Balaban J connectivity index is 1.27. The number of hydrogen-bond donors (Lipinski definition) is 1. The molecule has 1 amide bonds. The van der Waals surface area contributed by atoms with Crippen LogP contribution in [0.3, 0.4) is 0 Å². The van der Waals surface area contributed by atoms with E-state index in [4.69, 9.17) is 0 Å². The molecule has 3 fully saturated rings. The molecule has 0 radical (unpaired) electrons. The fraction of sp³-hybridized carbons (Fsp3) is 0.700. The van der Waals surface area contributed by atoms with Crippen molar-refractivity contribution in [3.63, 3.8) is 0 Å². The Morgan fingerprint density at radius 3 is 2.80 bits per heavy atom. The normalized spacial score (nSPS) is 33.2. The number of likely N-dealkylation sites (tertiary alicyclic amines) is 1. The molecule has 5 heteroatoms. The molecule has 4 aliphatic rings. The van der Waals surface area contributed by atoms with Gasteiger partial charge in [-0.25, -0.2) is 4.68 Å². The van der Waals surface area contributed by atoms with Crippen LogP contribution < -0.4 is 5.32 Å². The second kappa shape index (κ2) is 5.70. The number of anilines is 1. The third kappa shape index (κ3) is 2.39. The minimum Gasteiger partial charge on any atom is -0.311 e. The molecule has 2 saturated carbocycles. The van der Waals surface area contributed by atoms with Crippen molar-refractivity contribution in [3.8, 4) is 0 Å². The van der Waals surface area contributed by atoms with Crippen LogP contribution in [0.2, 0.25) is 0 Å². The first-order valence-electron chi connectivity index (χ1n) is 9.96. The Morgan fingerprint density at radius 1 is 1.32 bits per heavy atom. The maximum absolute atomic E-state index is 13.0. The molecular weight excluding hydrogens is 312 g/mol. The molecule has 1 saturated heterocycles. The van der Waals surface area contributed by atoms with Crippen LogP contribution in [0, 0.1) is 23.2 Å². The molecule has 2 bridgehead atoms. The van der Waals surface area contributed by atoms with Crippen molar-refractivity contribution in [1.29, 1.82) is 0 Å². The van der Waals surface area contributed by atoms with Crippen LogP contribution >= 0.6 is 0 Å². The molecular formula is C20H28N4O. The Morgan fingerprint density at radius 2 is 2.12 bits per heavy atom. The first-order chi connectivity index (χ1) is 12.2. The van der Waals surface area contributed by atoms with Gasteiger partial charge in [-0.05, 0) is 55.9 Å². The van der Waals surface area contributed by atoms with Crippen LogP contribution in [0.25, 0.3) is 0 Å². The van der Waals surface area contributed by atoms with E-state index in [1.165, 1.54) is 12.8 Å². The second-order valence-electron chi connectivity index (χ2n) is 8.41. The van der Waals surface area contributed by atoms with Crippen LogP contribution in [-0.4, -0.2) is 40.2 Å². The zero-order chi connectivity index (χ0) is 17.0. The molecule has 3 aliphatic carbocycles. The molecule has 3 atom stereocenters. The van der Waals surface area contributed by atoms with Crippen LogP contribution in [0.5, 0.6) is 0 Å².